The maximum Gasteiger partial charge on any atom is 0.338 e. The smallest absolute Gasteiger partial charge is 0.338 e. The summed E-state index contributed by atoms with van der Waals surface area (Å²) >= 11 is 3.64. The van der Waals surface area contributed by atoms with Gasteiger partial charge in [-0.1, -0.05) is 58.3 Å². The zero-order valence-electron chi connectivity index (χ0n) is 19.7. The van der Waals surface area contributed by atoms with Gasteiger partial charge in [0, 0.05) is 5.41 Å². The molecule has 1 aliphatic carbocycles. The Balaban J connectivity index is 2.08. The molecule has 2 aliphatic rings. The summed E-state index contributed by atoms with van der Waals surface area (Å²) in [5, 5.41) is 21.5. The summed E-state index contributed by atoms with van der Waals surface area (Å²) in [4.78, 5) is 13.0. The fourth-order valence-corrected chi connectivity index (χ4v) is 4.92. The minimum absolute atomic E-state index is 0.180. The molecule has 0 unspecified atom stereocenters. The van der Waals surface area contributed by atoms with Crippen molar-refractivity contribution in [1.29, 1.82) is 0 Å². The highest BCUT2D eigenvalue weighted by Crippen LogP contribution is 2.42. The summed E-state index contributed by atoms with van der Waals surface area (Å²) in [5.41, 5.74) is 2.42. The molecule has 0 saturated carbocycles. The predicted octanol–water partition coefficient (Wildman–Crippen LogP) is 6.41. The van der Waals surface area contributed by atoms with Gasteiger partial charge in [0.2, 0.25) is 0 Å². The molecule has 32 heavy (non-hydrogen) atoms. The Hall–Kier alpha value is -1.85. The van der Waals surface area contributed by atoms with E-state index in [0.29, 0.717) is 24.8 Å². The first-order valence-corrected chi connectivity index (χ1v) is 12.1. The highest BCUT2D eigenvalue weighted by atomic mass is 79.9. The lowest BCUT2D eigenvalue weighted by Crippen LogP contribution is -2.36. The number of allylic oxidation sites excluding steroid dienone is 5. The fraction of sp³-hybridized carbons (Fsp3) is 0.519. The molecule has 0 saturated heterocycles. The molecule has 1 aromatic carbocycles. The van der Waals surface area contributed by atoms with E-state index in [4.69, 9.17) is 4.74 Å². The van der Waals surface area contributed by atoms with Crippen LogP contribution in [0.3, 0.4) is 0 Å². The van der Waals surface area contributed by atoms with Crippen LogP contribution >= 0.6 is 15.9 Å². The molecule has 0 radical (unpaired) electrons. The second-order valence-corrected chi connectivity index (χ2v) is 12.3. The van der Waals surface area contributed by atoms with E-state index >= 15 is 0 Å². The highest BCUT2D eigenvalue weighted by Gasteiger charge is 2.34. The fourth-order valence-electron chi connectivity index (χ4n) is 4.60. The summed E-state index contributed by atoms with van der Waals surface area (Å²) in [6, 6.07) is 4.94. The number of halogens is 1. The number of hydrogen-bond acceptors (Lipinski definition) is 4. The SMILES string of the molecule is CC1=C2Cc3cc(ccc3O)C(=O)O[C@H](C(C)(C)Br)CC[C@](C)(O)C=CC[C@]2(C)C=CC1. The number of carbonyl (C=O) groups is 1. The largest absolute Gasteiger partial charge is 0.508 e. The maximum atomic E-state index is 13.0. The van der Waals surface area contributed by atoms with Gasteiger partial charge in [-0.05, 0) is 83.6 Å². The monoisotopic (exact) mass is 502 g/mol. The van der Waals surface area contributed by atoms with E-state index in [9.17, 15) is 15.0 Å². The molecule has 0 spiro atoms. The van der Waals surface area contributed by atoms with E-state index in [1.165, 1.54) is 11.1 Å². The molecule has 3 rings (SSSR count). The van der Waals surface area contributed by atoms with E-state index in [2.05, 4.69) is 48.0 Å². The van der Waals surface area contributed by atoms with Crippen LogP contribution in [0.25, 0.3) is 0 Å². The summed E-state index contributed by atoms with van der Waals surface area (Å²) in [7, 11) is 0. The van der Waals surface area contributed by atoms with E-state index in [1.807, 2.05) is 19.9 Å². The number of phenolic OH excluding ortho intramolecular Hbond substituents is 1. The van der Waals surface area contributed by atoms with Crippen molar-refractivity contribution in [3.05, 3.63) is 64.8 Å². The van der Waals surface area contributed by atoms with Crippen molar-refractivity contribution in [3.63, 3.8) is 0 Å². The molecule has 1 aromatic rings. The van der Waals surface area contributed by atoms with Crippen LogP contribution in [-0.2, 0) is 11.2 Å². The van der Waals surface area contributed by atoms with Gasteiger partial charge in [0.1, 0.15) is 11.9 Å². The number of benzene rings is 1. The minimum Gasteiger partial charge on any atom is -0.508 e. The van der Waals surface area contributed by atoms with Crippen LogP contribution in [0.4, 0.5) is 0 Å². The first kappa shape index (κ1) is 24.8. The number of fused-ring (bicyclic) bond motifs is 3. The van der Waals surface area contributed by atoms with Crippen LogP contribution in [0.5, 0.6) is 5.75 Å². The number of phenols is 1. The molecule has 3 atom stereocenters. The number of alkyl halides is 1. The number of carbonyl (C=O) groups excluding carboxylic acids is 1. The average Bonchev–Trinajstić information content (AvgIpc) is 2.67. The zero-order chi connectivity index (χ0) is 23.7. The summed E-state index contributed by atoms with van der Waals surface area (Å²) in [5.74, 6) is -0.246. The van der Waals surface area contributed by atoms with E-state index < -0.39 is 22.0 Å². The van der Waals surface area contributed by atoms with Gasteiger partial charge in [-0.2, -0.15) is 0 Å². The lowest BCUT2D eigenvalue weighted by molar-refractivity contribution is 0.0118. The Morgan fingerprint density at radius 2 is 1.91 bits per heavy atom. The molecule has 0 fully saturated rings. The molecular weight excluding hydrogens is 468 g/mol. The topological polar surface area (TPSA) is 66.8 Å². The predicted molar refractivity (Wildman–Crippen MR) is 132 cm³/mol. The van der Waals surface area contributed by atoms with Gasteiger partial charge < -0.3 is 14.9 Å². The van der Waals surface area contributed by atoms with E-state index in [-0.39, 0.29) is 11.2 Å². The quantitative estimate of drug-likeness (QED) is 0.264. The number of aliphatic hydroxyl groups is 1. The molecule has 2 bridgehead atoms. The number of cyclic esters (lactones) is 1. The number of aromatic hydroxyl groups is 1. The molecule has 4 nitrogen and oxygen atoms in total. The van der Waals surface area contributed by atoms with Gasteiger partial charge in [-0.15, -0.1) is 0 Å². The average molecular weight is 503 g/mol. The normalized spacial score (nSPS) is 29.7. The Labute approximate surface area is 200 Å². The van der Waals surface area contributed by atoms with E-state index in [1.54, 1.807) is 25.1 Å². The molecule has 2 N–H and O–H groups in total. The molecule has 1 heterocycles. The third-order valence-electron chi connectivity index (χ3n) is 6.74. The van der Waals surface area contributed by atoms with Crippen molar-refractivity contribution in [2.75, 3.05) is 0 Å². The second kappa shape index (κ2) is 9.18. The van der Waals surface area contributed by atoms with Crippen molar-refractivity contribution >= 4 is 21.9 Å². The summed E-state index contributed by atoms with van der Waals surface area (Å²) in [6.07, 6.45) is 11.1. The van der Waals surface area contributed by atoms with Gasteiger partial charge in [0.15, 0.2) is 0 Å². The van der Waals surface area contributed by atoms with Crippen molar-refractivity contribution in [1.82, 2.24) is 0 Å². The van der Waals surface area contributed by atoms with Crippen molar-refractivity contribution < 1.29 is 19.7 Å². The molecule has 1 aliphatic heterocycles. The Bertz CT molecular complexity index is 964. The first-order chi connectivity index (χ1) is 14.8. The highest BCUT2D eigenvalue weighted by molar-refractivity contribution is 9.10. The van der Waals surface area contributed by atoms with Crippen LogP contribution in [0.2, 0.25) is 0 Å². The van der Waals surface area contributed by atoms with Crippen LogP contribution < -0.4 is 0 Å². The molecule has 0 aromatic heterocycles. The number of ether oxygens (including phenoxy) is 1. The van der Waals surface area contributed by atoms with Gasteiger partial charge in [0.25, 0.3) is 0 Å². The number of hydrogen-bond donors (Lipinski definition) is 2. The number of esters is 1. The Morgan fingerprint density at radius 3 is 2.59 bits per heavy atom. The zero-order valence-corrected chi connectivity index (χ0v) is 21.3. The molecule has 174 valence electrons. The lowest BCUT2D eigenvalue weighted by Gasteiger charge is -2.34. The van der Waals surface area contributed by atoms with Crippen LogP contribution in [0.1, 0.15) is 76.2 Å². The molecule has 5 heteroatoms. The van der Waals surface area contributed by atoms with Gasteiger partial charge in [-0.3, -0.25) is 0 Å². The Morgan fingerprint density at radius 1 is 1.19 bits per heavy atom. The third kappa shape index (κ3) is 5.74. The summed E-state index contributed by atoms with van der Waals surface area (Å²) in [6.45, 7) is 10.0. The Kier molecular flexibility index (Phi) is 7.11. The standard InChI is InChI=1S/C27H35BrO4/c1-18-8-6-12-26(4)13-7-14-27(5,31)15-11-23(25(2,3)28)32-24(30)19-9-10-22(29)20(16-19)17-21(18)26/h6-7,9-10,12,14,16,23,29,31H,8,11,13,15,17H2,1-5H3/t23-,26-,27+/m0/s1. The number of rotatable bonds is 1. The van der Waals surface area contributed by atoms with Gasteiger partial charge >= 0.3 is 5.97 Å². The van der Waals surface area contributed by atoms with Crippen molar-refractivity contribution in [3.8, 4) is 5.75 Å². The molecule has 0 amide bonds. The van der Waals surface area contributed by atoms with Crippen molar-refractivity contribution in [2.45, 2.75) is 82.8 Å². The minimum atomic E-state index is -1.01. The van der Waals surface area contributed by atoms with E-state index in [0.717, 1.165) is 18.4 Å². The van der Waals surface area contributed by atoms with Crippen molar-refractivity contribution in [2.24, 2.45) is 5.41 Å². The lowest BCUT2D eigenvalue weighted by atomic mass is 9.71. The van der Waals surface area contributed by atoms with Crippen LogP contribution in [0, 0.1) is 5.41 Å². The first-order valence-electron chi connectivity index (χ1n) is 11.3. The maximum absolute atomic E-state index is 13.0. The van der Waals surface area contributed by atoms with Crippen LogP contribution in [0.15, 0.2) is 53.6 Å². The van der Waals surface area contributed by atoms with Crippen LogP contribution in [-0.4, -0.2) is 32.2 Å². The third-order valence-corrected chi connectivity index (χ3v) is 7.25. The molecular formula is C27H35BrO4. The van der Waals surface area contributed by atoms with Gasteiger partial charge in [0.05, 0.1) is 15.5 Å². The second-order valence-electron chi connectivity index (χ2n) is 10.3. The summed E-state index contributed by atoms with van der Waals surface area (Å²) < 4.78 is 5.43. The van der Waals surface area contributed by atoms with Gasteiger partial charge in [-0.25, -0.2) is 4.79 Å².